The standard InChI is InChI=1S/C16H19N5/c1-2-12-4-3-5-14(12)21-11-13(10-19-21)16-15-6-7-18-20(15)9-8-17-16/h6-12,14H,2-5H2,1H3/t12-,14+/m1/s1. The van der Waals surface area contributed by atoms with Gasteiger partial charge in [-0.2, -0.15) is 10.2 Å². The molecule has 0 spiro atoms. The Morgan fingerprint density at radius 2 is 2.19 bits per heavy atom. The Balaban J connectivity index is 1.73. The molecule has 4 rings (SSSR count). The van der Waals surface area contributed by atoms with Gasteiger partial charge >= 0.3 is 0 Å². The van der Waals surface area contributed by atoms with Gasteiger partial charge in [0.15, 0.2) is 0 Å². The SMILES string of the molecule is CC[C@@H]1CCC[C@@H]1n1cc(-c2nccn3nccc23)cn1. The third-order valence-corrected chi connectivity index (χ3v) is 4.68. The largest absolute Gasteiger partial charge is 0.269 e. The summed E-state index contributed by atoms with van der Waals surface area (Å²) in [6.45, 7) is 2.28. The highest BCUT2D eigenvalue weighted by Crippen LogP contribution is 2.38. The molecule has 1 aliphatic carbocycles. The number of fused-ring (bicyclic) bond motifs is 1. The maximum atomic E-state index is 4.61. The first-order chi connectivity index (χ1) is 10.4. The summed E-state index contributed by atoms with van der Waals surface area (Å²) in [5.74, 6) is 0.761. The zero-order chi connectivity index (χ0) is 14.2. The summed E-state index contributed by atoms with van der Waals surface area (Å²) in [5, 5.41) is 8.87. The normalized spacial score (nSPS) is 22.1. The Labute approximate surface area is 123 Å². The van der Waals surface area contributed by atoms with Crippen LogP contribution in [0, 0.1) is 5.92 Å². The van der Waals surface area contributed by atoms with Crippen molar-refractivity contribution >= 4 is 5.52 Å². The molecule has 1 saturated carbocycles. The fourth-order valence-electron chi connectivity index (χ4n) is 3.56. The van der Waals surface area contributed by atoms with Crippen molar-refractivity contribution in [2.45, 2.75) is 38.6 Å². The van der Waals surface area contributed by atoms with Crippen molar-refractivity contribution in [3.8, 4) is 11.3 Å². The van der Waals surface area contributed by atoms with Gasteiger partial charge in [0.1, 0.15) is 0 Å². The quantitative estimate of drug-likeness (QED) is 0.739. The summed E-state index contributed by atoms with van der Waals surface area (Å²) in [7, 11) is 0. The zero-order valence-electron chi connectivity index (χ0n) is 12.2. The van der Waals surface area contributed by atoms with E-state index in [4.69, 9.17) is 0 Å². The second-order valence-corrected chi connectivity index (χ2v) is 5.81. The first-order valence-corrected chi connectivity index (χ1v) is 7.69. The molecule has 0 saturated heterocycles. The van der Waals surface area contributed by atoms with Crippen molar-refractivity contribution in [3.63, 3.8) is 0 Å². The monoisotopic (exact) mass is 281 g/mol. The molecule has 3 aromatic rings. The van der Waals surface area contributed by atoms with Crippen LogP contribution in [0.4, 0.5) is 0 Å². The molecular formula is C16H19N5. The van der Waals surface area contributed by atoms with Gasteiger partial charge in [-0.05, 0) is 24.8 Å². The van der Waals surface area contributed by atoms with Crippen molar-refractivity contribution in [1.29, 1.82) is 0 Å². The highest BCUT2D eigenvalue weighted by atomic mass is 15.3. The fraction of sp³-hybridized carbons (Fsp3) is 0.438. The minimum absolute atomic E-state index is 0.549. The predicted molar refractivity (Wildman–Crippen MR) is 80.9 cm³/mol. The highest BCUT2D eigenvalue weighted by molar-refractivity contribution is 5.75. The lowest BCUT2D eigenvalue weighted by Gasteiger charge is -2.18. The van der Waals surface area contributed by atoms with Gasteiger partial charge in [-0.1, -0.05) is 19.8 Å². The van der Waals surface area contributed by atoms with Crippen LogP contribution in [-0.4, -0.2) is 24.4 Å². The van der Waals surface area contributed by atoms with E-state index >= 15 is 0 Å². The molecule has 0 bridgehead atoms. The van der Waals surface area contributed by atoms with Crippen molar-refractivity contribution in [1.82, 2.24) is 24.4 Å². The second-order valence-electron chi connectivity index (χ2n) is 5.81. The molecule has 1 fully saturated rings. The van der Waals surface area contributed by atoms with Crippen LogP contribution in [0.1, 0.15) is 38.6 Å². The average Bonchev–Trinajstić information content (AvgIpc) is 3.24. The molecule has 3 heterocycles. The Morgan fingerprint density at radius 3 is 3.10 bits per heavy atom. The van der Waals surface area contributed by atoms with Crippen LogP contribution in [0.5, 0.6) is 0 Å². The van der Waals surface area contributed by atoms with Crippen molar-refractivity contribution in [2.75, 3.05) is 0 Å². The van der Waals surface area contributed by atoms with Crippen LogP contribution >= 0.6 is 0 Å². The Morgan fingerprint density at radius 1 is 1.24 bits per heavy atom. The third kappa shape index (κ3) is 2.04. The molecule has 2 atom stereocenters. The van der Waals surface area contributed by atoms with Gasteiger partial charge in [-0.15, -0.1) is 0 Å². The predicted octanol–water partition coefficient (Wildman–Crippen LogP) is 3.34. The smallest absolute Gasteiger partial charge is 0.0991 e. The molecule has 5 heteroatoms. The average molecular weight is 281 g/mol. The lowest BCUT2D eigenvalue weighted by Crippen LogP contribution is -2.13. The second kappa shape index (κ2) is 4.98. The number of aromatic nitrogens is 5. The van der Waals surface area contributed by atoms with Crippen LogP contribution in [0.15, 0.2) is 37.1 Å². The molecule has 0 aromatic carbocycles. The van der Waals surface area contributed by atoms with Crippen molar-refractivity contribution < 1.29 is 0 Å². The highest BCUT2D eigenvalue weighted by Gasteiger charge is 2.28. The maximum absolute atomic E-state index is 4.61. The number of rotatable bonds is 3. The lowest BCUT2D eigenvalue weighted by atomic mass is 10.0. The van der Waals surface area contributed by atoms with E-state index < -0.39 is 0 Å². The van der Waals surface area contributed by atoms with Gasteiger partial charge in [-0.25, -0.2) is 4.52 Å². The third-order valence-electron chi connectivity index (χ3n) is 4.68. The number of hydrogen-bond acceptors (Lipinski definition) is 3. The summed E-state index contributed by atoms with van der Waals surface area (Å²) in [5.41, 5.74) is 3.05. The lowest BCUT2D eigenvalue weighted by molar-refractivity contribution is 0.343. The van der Waals surface area contributed by atoms with Crippen LogP contribution in [0.3, 0.4) is 0 Å². The zero-order valence-corrected chi connectivity index (χ0v) is 12.2. The first kappa shape index (κ1) is 12.6. The number of hydrogen-bond donors (Lipinski definition) is 0. The van der Waals surface area contributed by atoms with Crippen LogP contribution in [-0.2, 0) is 0 Å². The fourth-order valence-corrected chi connectivity index (χ4v) is 3.56. The summed E-state index contributed by atoms with van der Waals surface area (Å²) in [6.07, 6.45) is 14.6. The van der Waals surface area contributed by atoms with Gasteiger partial charge in [0.2, 0.25) is 0 Å². The minimum atomic E-state index is 0.549. The molecule has 1 aliphatic rings. The Bertz CT molecular complexity index is 757. The summed E-state index contributed by atoms with van der Waals surface area (Å²) in [6, 6.07) is 2.54. The van der Waals surface area contributed by atoms with Crippen molar-refractivity contribution in [3.05, 3.63) is 37.1 Å². The Kier molecular flexibility index (Phi) is 2.98. The van der Waals surface area contributed by atoms with E-state index in [-0.39, 0.29) is 0 Å². The molecule has 0 N–H and O–H groups in total. The molecule has 0 unspecified atom stereocenters. The molecule has 108 valence electrons. The molecule has 0 radical (unpaired) electrons. The van der Waals surface area contributed by atoms with Gasteiger partial charge < -0.3 is 0 Å². The molecule has 0 amide bonds. The van der Waals surface area contributed by atoms with Gasteiger partial charge in [-0.3, -0.25) is 9.67 Å². The van der Waals surface area contributed by atoms with Crippen molar-refractivity contribution in [2.24, 2.45) is 5.92 Å². The summed E-state index contributed by atoms with van der Waals surface area (Å²) in [4.78, 5) is 4.51. The molecule has 0 aliphatic heterocycles. The summed E-state index contributed by atoms with van der Waals surface area (Å²) >= 11 is 0. The maximum Gasteiger partial charge on any atom is 0.0991 e. The van der Waals surface area contributed by atoms with E-state index in [9.17, 15) is 0 Å². The van der Waals surface area contributed by atoms with E-state index in [1.54, 1.807) is 12.4 Å². The topological polar surface area (TPSA) is 48.0 Å². The van der Waals surface area contributed by atoms with E-state index in [0.29, 0.717) is 6.04 Å². The van der Waals surface area contributed by atoms with E-state index in [1.165, 1.54) is 25.7 Å². The Hall–Kier alpha value is -2.17. The number of nitrogens with zero attached hydrogens (tertiary/aromatic N) is 5. The molecule has 3 aromatic heterocycles. The van der Waals surface area contributed by atoms with E-state index in [2.05, 4.69) is 33.0 Å². The minimum Gasteiger partial charge on any atom is -0.269 e. The molecule has 21 heavy (non-hydrogen) atoms. The van der Waals surface area contributed by atoms with Gasteiger partial charge in [0.25, 0.3) is 0 Å². The van der Waals surface area contributed by atoms with E-state index in [0.717, 1.165) is 22.7 Å². The van der Waals surface area contributed by atoms with Crippen LogP contribution in [0.2, 0.25) is 0 Å². The van der Waals surface area contributed by atoms with E-state index in [1.807, 2.05) is 23.0 Å². The van der Waals surface area contributed by atoms with Gasteiger partial charge in [0, 0.05) is 24.2 Å². The molecule has 5 nitrogen and oxygen atoms in total. The first-order valence-electron chi connectivity index (χ1n) is 7.69. The van der Waals surface area contributed by atoms with Crippen LogP contribution < -0.4 is 0 Å². The molecular weight excluding hydrogens is 262 g/mol. The summed E-state index contributed by atoms with van der Waals surface area (Å²) < 4.78 is 4.00. The van der Waals surface area contributed by atoms with Gasteiger partial charge in [0.05, 0.1) is 29.6 Å². The van der Waals surface area contributed by atoms with Crippen LogP contribution in [0.25, 0.3) is 16.8 Å².